The van der Waals surface area contributed by atoms with Gasteiger partial charge in [-0.25, -0.2) is 14.1 Å². The van der Waals surface area contributed by atoms with Crippen molar-refractivity contribution in [3.8, 4) is 5.75 Å². The largest absolute Gasteiger partial charge is 0.488 e. The maximum Gasteiger partial charge on any atom is 0.335 e. The second kappa shape index (κ2) is 9.87. The van der Waals surface area contributed by atoms with Crippen molar-refractivity contribution < 1.29 is 23.5 Å². The van der Waals surface area contributed by atoms with E-state index in [0.29, 0.717) is 27.3 Å². The molecule has 1 aliphatic heterocycles. The molecule has 0 atom stereocenters. The average Bonchev–Trinajstić information content (AvgIpc) is 2.88. The first-order valence-electron chi connectivity index (χ1n) is 11.4. The molecule has 37 heavy (non-hydrogen) atoms. The lowest BCUT2D eigenvalue weighted by Crippen LogP contribution is -2.54. The van der Waals surface area contributed by atoms with Crippen LogP contribution in [0.5, 0.6) is 5.75 Å². The Morgan fingerprint density at radius 1 is 0.973 bits per heavy atom. The summed E-state index contributed by atoms with van der Waals surface area (Å²) >= 11 is 6.21. The van der Waals surface area contributed by atoms with E-state index in [4.69, 9.17) is 16.3 Å². The van der Waals surface area contributed by atoms with E-state index in [2.05, 4.69) is 5.32 Å². The third-order valence-corrected chi connectivity index (χ3v) is 6.48. The van der Waals surface area contributed by atoms with Gasteiger partial charge in [0.05, 0.1) is 5.69 Å². The Labute approximate surface area is 216 Å². The van der Waals surface area contributed by atoms with Crippen molar-refractivity contribution in [2.24, 2.45) is 0 Å². The molecule has 4 aromatic carbocycles. The normalized spacial score (nSPS) is 14.8. The monoisotopic (exact) mass is 514 g/mol. The molecule has 0 aromatic heterocycles. The van der Waals surface area contributed by atoms with Crippen LogP contribution in [0.2, 0.25) is 5.02 Å². The Morgan fingerprint density at radius 3 is 2.51 bits per heavy atom. The summed E-state index contributed by atoms with van der Waals surface area (Å²) in [6, 6.07) is 21.0. The zero-order valence-corrected chi connectivity index (χ0v) is 20.4. The highest BCUT2D eigenvalue weighted by Gasteiger charge is 2.37. The number of nitrogens with zero attached hydrogens (tertiary/aromatic N) is 1. The molecule has 1 saturated heterocycles. The second-order valence-electron chi connectivity index (χ2n) is 8.47. The minimum absolute atomic E-state index is 0.0617. The van der Waals surface area contributed by atoms with Crippen LogP contribution >= 0.6 is 11.6 Å². The number of fused-ring (bicyclic) bond motifs is 1. The van der Waals surface area contributed by atoms with Crippen molar-refractivity contribution in [3.05, 3.63) is 112 Å². The summed E-state index contributed by atoms with van der Waals surface area (Å²) < 4.78 is 20.1. The molecule has 4 aromatic rings. The summed E-state index contributed by atoms with van der Waals surface area (Å²) in [5, 5.41) is 4.15. The van der Waals surface area contributed by atoms with Crippen molar-refractivity contribution >= 4 is 52.0 Å². The summed E-state index contributed by atoms with van der Waals surface area (Å²) in [7, 11) is 0. The third-order valence-electron chi connectivity index (χ3n) is 6.08. The van der Waals surface area contributed by atoms with Crippen LogP contribution in [-0.4, -0.2) is 17.8 Å². The Kier molecular flexibility index (Phi) is 6.46. The lowest BCUT2D eigenvalue weighted by Gasteiger charge is -2.27. The highest BCUT2D eigenvalue weighted by molar-refractivity contribution is 6.40. The van der Waals surface area contributed by atoms with Crippen LogP contribution in [0.3, 0.4) is 0 Å². The molecular weight excluding hydrogens is 495 g/mol. The molecule has 5 rings (SSSR count). The number of nitrogens with one attached hydrogen (secondary N) is 1. The molecule has 184 valence electrons. The topological polar surface area (TPSA) is 75.7 Å². The van der Waals surface area contributed by atoms with Gasteiger partial charge in [0.15, 0.2) is 0 Å². The van der Waals surface area contributed by atoms with Crippen LogP contribution in [0.4, 0.5) is 14.9 Å². The number of halogens is 2. The zero-order valence-electron chi connectivity index (χ0n) is 19.6. The number of hydrogen-bond donors (Lipinski definition) is 1. The smallest absolute Gasteiger partial charge is 0.335 e. The summed E-state index contributed by atoms with van der Waals surface area (Å²) in [4.78, 5) is 39.8. The summed E-state index contributed by atoms with van der Waals surface area (Å²) in [6.07, 6.45) is 1.39. The molecule has 0 unspecified atom stereocenters. The van der Waals surface area contributed by atoms with E-state index in [9.17, 15) is 18.8 Å². The maximum atomic E-state index is 14.2. The summed E-state index contributed by atoms with van der Waals surface area (Å²) in [6.45, 7) is 1.73. The molecular formula is C29H20ClFN2O4. The summed E-state index contributed by atoms with van der Waals surface area (Å²) in [5.74, 6) is -1.70. The highest BCUT2D eigenvalue weighted by atomic mass is 35.5. The van der Waals surface area contributed by atoms with E-state index in [-0.39, 0.29) is 17.9 Å². The zero-order chi connectivity index (χ0) is 26.1. The maximum absolute atomic E-state index is 14.2. The number of anilines is 1. The number of benzene rings is 4. The van der Waals surface area contributed by atoms with Crippen molar-refractivity contribution in [2.45, 2.75) is 13.5 Å². The Morgan fingerprint density at radius 2 is 1.73 bits per heavy atom. The number of aryl methyl sites for hydroxylation is 1. The van der Waals surface area contributed by atoms with Crippen molar-refractivity contribution in [1.29, 1.82) is 0 Å². The molecule has 6 nitrogen and oxygen atoms in total. The van der Waals surface area contributed by atoms with Crippen LogP contribution in [0, 0.1) is 12.7 Å². The number of imide groups is 2. The number of hydrogen-bond acceptors (Lipinski definition) is 4. The first-order chi connectivity index (χ1) is 17.8. The standard InChI is InChI=1S/C29H20ClFN2O4/c1-17-10-12-20(14-24(17)30)33-28(35)23(27(34)32-29(33)36)15-22-21-8-4-2-6-18(21)11-13-26(22)37-16-19-7-3-5-9-25(19)31/h2-15H,16H2,1H3,(H,32,34,36)/b23-15+. The van der Waals surface area contributed by atoms with Crippen LogP contribution in [0.1, 0.15) is 16.7 Å². The fourth-order valence-corrected chi connectivity index (χ4v) is 4.25. The number of ether oxygens (including phenoxy) is 1. The van der Waals surface area contributed by atoms with Gasteiger partial charge in [-0.1, -0.05) is 66.2 Å². The van der Waals surface area contributed by atoms with Crippen LogP contribution in [0.25, 0.3) is 16.8 Å². The third kappa shape index (κ3) is 4.69. The lowest BCUT2D eigenvalue weighted by atomic mass is 9.99. The SMILES string of the molecule is Cc1ccc(N2C(=O)NC(=O)/C(=C\c3c(OCc4ccccc4F)ccc4ccccc34)C2=O)cc1Cl. The minimum atomic E-state index is -0.874. The van der Waals surface area contributed by atoms with Crippen LogP contribution in [-0.2, 0) is 16.2 Å². The number of urea groups is 1. The molecule has 4 amide bonds. The predicted octanol–water partition coefficient (Wildman–Crippen LogP) is 6.19. The number of carbonyl (C=O) groups is 3. The number of amides is 4. The number of rotatable bonds is 5. The molecule has 0 aliphatic carbocycles. The van der Waals surface area contributed by atoms with Gasteiger partial charge in [-0.15, -0.1) is 0 Å². The van der Waals surface area contributed by atoms with Gasteiger partial charge in [-0.3, -0.25) is 14.9 Å². The van der Waals surface area contributed by atoms with Gasteiger partial charge in [0.2, 0.25) is 0 Å². The molecule has 1 N–H and O–H groups in total. The molecule has 1 aliphatic rings. The van der Waals surface area contributed by atoms with Gasteiger partial charge in [-0.05, 0) is 53.6 Å². The molecule has 0 spiro atoms. The van der Waals surface area contributed by atoms with Gasteiger partial charge >= 0.3 is 6.03 Å². The van der Waals surface area contributed by atoms with Gasteiger partial charge in [0, 0.05) is 16.1 Å². The molecule has 0 bridgehead atoms. The van der Waals surface area contributed by atoms with Gasteiger partial charge < -0.3 is 4.74 Å². The Balaban J connectivity index is 1.59. The first-order valence-corrected chi connectivity index (χ1v) is 11.8. The summed E-state index contributed by atoms with van der Waals surface area (Å²) in [5.41, 5.74) is 1.54. The fraction of sp³-hybridized carbons (Fsp3) is 0.0690. The van der Waals surface area contributed by atoms with Crippen molar-refractivity contribution in [3.63, 3.8) is 0 Å². The molecule has 0 radical (unpaired) electrons. The van der Waals surface area contributed by atoms with Crippen molar-refractivity contribution in [1.82, 2.24) is 5.32 Å². The van der Waals surface area contributed by atoms with Crippen LogP contribution < -0.4 is 15.0 Å². The van der Waals surface area contributed by atoms with E-state index in [1.54, 1.807) is 43.3 Å². The first kappa shape index (κ1) is 24.2. The molecule has 8 heteroatoms. The van der Waals surface area contributed by atoms with Gasteiger partial charge in [-0.2, -0.15) is 0 Å². The van der Waals surface area contributed by atoms with E-state index >= 15 is 0 Å². The fourth-order valence-electron chi connectivity index (χ4n) is 4.08. The second-order valence-corrected chi connectivity index (χ2v) is 8.88. The average molecular weight is 515 g/mol. The Bertz CT molecular complexity index is 1620. The van der Waals surface area contributed by atoms with Gasteiger partial charge in [0.25, 0.3) is 11.8 Å². The number of barbiturate groups is 1. The van der Waals surface area contributed by atoms with E-state index < -0.39 is 23.7 Å². The molecule has 0 saturated carbocycles. The van der Waals surface area contributed by atoms with E-state index in [1.165, 1.54) is 18.2 Å². The van der Waals surface area contributed by atoms with Crippen molar-refractivity contribution in [2.75, 3.05) is 4.90 Å². The molecule has 1 heterocycles. The van der Waals surface area contributed by atoms with Gasteiger partial charge in [0.1, 0.15) is 23.7 Å². The van der Waals surface area contributed by atoms with E-state index in [1.807, 2.05) is 30.3 Å². The van der Waals surface area contributed by atoms with Crippen LogP contribution in [0.15, 0.2) is 84.4 Å². The number of carbonyl (C=O) groups excluding carboxylic acids is 3. The Hall–Kier alpha value is -4.49. The molecule has 1 fully saturated rings. The quantitative estimate of drug-likeness (QED) is 0.255. The predicted molar refractivity (Wildman–Crippen MR) is 140 cm³/mol. The lowest BCUT2D eigenvalue weighted by molar-refractivity contribution is -0.122. The van der Waals surface area contributed by atoms with E-state index in [0.717, 1.165) is 15.8 Å². The highest BCUT2D eigenvalue weighted by Crippen LogP contribution is 2.33. The minimum Gasteiger partial charge on any atom is -0.488 e.